The van der Waals surface area contributed by atoms with Gasteiger partial charge in [-0.25, -0.2) is 17.9 Å². The Morgan fingerprint density at radius 2 is 1.81 bits per heavy atom. The topological polar surface area (TPSA) is 136 Å². The fraction of sp³-hybridized carbons (Fsp3) is 0.231. The molecule has 0 spiro atoms. The van der Waals surface area contributed by atoms with Crippen molar-refractivity contribution in [1.82, 2.24) is 5.32 Å². The average Bonchev–Trinajstić information content (AvgIpc) is 2.95. The summed E-state index contributed by atoms with van der Waals surface area (Å²) in [7, 11) is -3.92. The van der Waals surface area contributed by atoms with Crippen LogP contribution in [0.4, 0.5) is 10.1 Å². The number of hydrogen-bond donors (Lipinski definition) is 3. The number of amides is 2. The predicted octanol–water partition coefficient (Wildman–Crippen LogP) is 3.00. The zero-order valence-electron chi connectivity index (χ0n) is 20.3. The van der Waals surface area contributed by atoms with Gasteiger partial charge in [0.25, 0.3) is 5.91 Å². The highest BCUT2D eigenvalue weighted by molar-refractivity contribution is 7.99. The summed E-state index contributed by atoms with van der Waals surface area (Å²) in [6.45, 7) is 3.25. The van der Waals surface area contributed by atoms with Crippen LogP contribution < -0.4 is 21.1 Å². The van der Waals surface area contributed by atoms with Gasteiger partial charge in [-0.3, -0.25) is 9.59 Å². The maximum absolute atomic E-state index is 14.0. The van der Waals surface area contributed by atoms with Crippen molar-refractivity contribution < 1.29 is 22.4 Å². The second-order valence-electron chi connectivity index (χ2n) is 9.33. The molecule has 0 bridgehead atoms. The van der Waals surface area contributed by atoms with Crippen molar-refractivity contribution >= 4 is 39.3 Å². The molecule has 0 saturated carbocycles. The van der Waals surface area contributed by atoms with Crippen LogP contribution in [-0.4, -0.2) is 37.6 Å². The van der Waals surface area contributed by atoms with Gasteiger partial charge in [0, 0.05) is 16.2 Å². The van der Waals surface area contributed by atoms with E-state index in [2.05, 4.69) is 5.32 Å². The normalized spacial score (nSPS) is 16.2. The van der Waals surface area contributed by atoms with Gasteiger partial charge in [-0.15, -0.1) is 11.8 Å². The summed E-state index contributed by atoms with van der Waals surface area (Å²) in [6, 6.07) is 16.8. The van der Waals surface area contributed by atoms with Gasteiger partial charge >= 0.3 is 0 Å². The third kappa shape index (κ3) is 6.02. The monoisotopic (exact) mass is 542 g/mol. The second-order valence-corrected chi connectivity index (χ2v) is 11.9. The first-order chi connectivity index (χ1) is 17.3. The second kappa shape index (κ2) is 10.3. The summed E-state index contributed by atoms with van der Waals surface area (Å²) in [4.78, 5) is 28.2. The van der Waals surface area contributed by atoms with E-state index in [1.54, 1.807) is 62.4 Å². The highest BCUT2D eigenvalue weighted by Gasteiger charge is 2.34. The number of nitrogens with zero attached hydrogens (tertiary/aromatic N) is 1. The Morgan fingerprint density at radius 1 is 1.14 bits per heavy atom. The minimum atomic E-state index is -3.92. The molecule has 11 heteroatoms. The molecular formula is C26H27FN4O4S2. The molecule has 8 nitrogen and oxygen atoms in total. The van der Waals surface area contributed by atoms with Crippen LogP contribution in [-0.2, 0) is 26.2 Å². The van der Waals surface area contributed by atoms with Crippen LogP contribution in [0.2, 0.25) is 0 Å². The SMILES string of the molecule is CC(C)(N)C(=O)N[C@@H]1CSc2cc(F)ccc2N(Cc2ccc(-c3ccccc3S(N)(=O)=O)cc2)C1=O. The fourth-order valence-corrected chi connectivity index (χ4v) is 5.77. The molecule has 1 aliphatic heterocycles. The highest BCUT2D eigenvalue weighted by atomic mass is 32.2. The van der Waals surface area contributed by atoms with Crippen molar-refractivity contribution in [2.45, 2.75) is 41.8 Å². The van der Waals surface area contributed by atoms with Crippen molar-refractivity contribution in [1.29, 1.82) is 0 Å². The fourth-order valence-electron chi connectivity index (χ4n) is 3.91. The predicted molar refractivity (Wildman–Crippen MR) is 142 cm³/mol. The van der Waals surface area contributed by atoms with Crippen molar-refractivity contribution in [3.8, 4) is 11.1 Å². The molecule has 0 saturated heterocycles. The Balaban J connectivity index is 1.66. The van der Waals surface area contributed by atoms with E-state index in [0.29, 0.717) is 21.7 Å². The van der Waals surface area contributed by atoms with Gasteiger partial charge in [0.2, 0.25) is 15.9 Å². The molecule has 0 aromatic heterocycles. The lowest BCUT2D eigenvalue weighted by atomic mass is 10.0. The van der Waals surface area contributed by atoms with Crippen molar-refractivity contribution in [2.24, 2.45) is 10.9 Å². The molecule has 0 fully saturated rings. The number of thioether (sulfide) groups is 1. The van der Waals surface area contributed by atoms with Crippen LogP contribution in [0.1, 0.15) is 19.4 Å². The zero-order valence-corrected chi connectivity index (χ0v) is 21.9. The lowest BCUT2D eigenvalue weighted by molar-refractivity contribution is -0.129. The van der Waals surface area contributed by atoms with E-state index in [1.165, 1.54) is 34.9 Å². The Morgan fingerprint density at radius 3 is 2.46 bits per heavy atom. The number of carbonyl (C=O) groups is 2. The number of nitrogens with two attached hydrogens (primary N) is 2. The van der Waals surface area contributed by atoms with Crippen LogP contribution in [0, 0.1) is 5.82 Å². The molecule has 1 aliphatic rings. The molecule has 2 amide bonds. The summed E-state index contributed by atoms with van der Waals surface area (Å²) in [6.07, 6.45) is 0. The maximum atomic E-state index is 14.0. The number of halogens is 1. The van der Waals surface area contributed by atoms with Gasteiger partial charge in [0.1, 0.15) is 11.9 Å². The number of nitrogens with one attached hydrogen (secondary N) is 1. The van der Waals surface area contributed by atoms with Crippen LogP contribution in [0.15, 0.2) is 76.5 Å². The molecule has 4 rings (SSSR count). The van der Waals surface area contributed by atoms with Gasteiger partial charge in [-0.1, -0.05) is 42.5 Å². The number of hydrogen-bond acceptors (Lipinski definition) is 6. The summed E-state index contributed by atoms with van der Waals surface area (Å²) >= 11 is 1.28. The minimum Gasteiger partial charge on any atom is -0.342 e. The number of benzene rings is 3. The van der Waals surface area contributed by atoms with Crippen LogP contribution >= 0.6 is 11.8 Å². The molecule has 0 radical (unpaired) electrons. The van der Waals surface area contributed by atoms with Crippen LogP contribution in [0.5, 0.6) is 0 Å². The minimum absolute atomic E-state index is 0.0137. The number of carbonyl (C=O) groups excluding carboxylic acids is 2. The third-order valence-electron chi connectivity index (χ3n) is 5.87. The molecule has 37 heavy (non-hydrogen) atoms. The molecule has 0 aliphatic carbocycles. The lowest BCUT2D eigenvalue weighted by Gasteiger charge is -2.28. The first-order valence-corrected chi connectivity index (χ1v) is 13.9. The Labute approximate surface area is 219 Å². The number of primary sulfonamides is 1. The van der Waals surface area contributed by atoms with Gasteiger partial charge in [-0.2, -0.15) is 0 Å². The molecule has 3 aromatic carbocycles. The lowest BCUT2D eigenvalue weighted by Crippen LogP contribution is -2.56. The van der Waals surface area contributed by atoms with Gasteiger partial charge in [0.05, 0.1) is 22.7 Å². The van der Waals surface area contributed by atoms with E-state index in [0.717, 1.165) is 5.56 Å². The summed E-state index contributed by atoms with van der Waals surface area (Å²) in [5.41, 5.74) is 7.11. The van der Waals surface area contributed by atoms with Gasteiger partial charge < -0.3 is 16.0 Å². The summed E-state index contributed by atoms with van der Waals surface area (Å²) < 4.78 is 38.0. The van der Waals surface area contributed by atoms with E-state index in [9.17, 15) is 22.4 Å². The Bertz CT molecular complexity index is 1450. The number of rotatable bonds is 6. The van der Waals surface area contributed by atoms with Crippen molar-refractivity contribution in [3.63, 3.8) is 0 Å². The molecule has 1 atom stereocenters. The Kier molecular flexibility index (Phi) is 7.43. The smallest absolute Gasteiger partial charge is 0.250 e. The van der Waals surface area contributed by atoms with E-state index in [-0.39, 0.29) is 23.1 Å². The zero-order chi connectivity index (χ0) is 27.0. The molecule has 5 N–H and O–H groups in total. The largest absolute Gasteiger partial charge is 0.342 e. The third-order valence-corrected chi connectivity index (χ3v) is 7.98. The standard InChI is InChI=1S/C26H27FN4O4S2/c1-26(2,28)25(33)30-20-15-36-22-13-18(27)11-12-21(22)31(24(20)32)14-16-7-9-17(10-8-16)19-5-3-4-6-23(19)37(29,34)35/h3-13,20H,14-15,28H2,1-2H3,(H,30,33)(H2,29,34,35)/t20-/m1/s1. The van der Waals surface area contributed by atoms with Crippen molar-refractivity contribution in [3.05, 3.63) is 78.1 Å². The summed E-state index contributed by atoms with van der Waals surface area (Å²) in [5, 5.41) is 8.10. The number of fused-ring (bicyclic) bond motifs is 1. The summed E-state index contributed by atoms with van der Waals surface area (Å²) in [5.74, 6) is -1.03. The van der Waals surface area contributed by atoms with Crippen LogP contribution in [0.25, 0.3) is 11.1 Å². The number of sulfonamides is 1. The van der Waals surface area contributed by atoms with Crippen molar-refractivity contribution in [2.75, 3.05) is 10.7 Å². The first-order valence-electron chi connectivity index (χ1n) is 11.4. The van der Waals surface area contributed by atoms with E-state index in [4.69, 9.17) is 10.9 Å². The maximum Gasteiger partial charge on any atom is 0.250 e. The van der Waals surface area contributed by atoms with Gasteiger partial charge in [-0.05, 0) is 49.2 Å². The Hall–Kier alpha value is -3.25. The van der Waals surface area contributed by atoms with Crippen LogP contribution in [0.3, 0.4) is 0 Å². The molecule has 3 aromatic rings. The molecule has 194 valence electrons. The molecular weight excluding hydrogens is 515 g/mol. The van der Waals surface area contributed by atoms with E-state index >= 15 is 0 Å². The average molecular weight is 543 g/mol. The van der Waals surface area contributed by atoms with E-state index in [1.807, 2.05) is 0 Å². The first kappa shape index (κ1) is 26.8. The quantitative estimate of drug-likeness (QED) is 0.438. The van der Waals surface area contributed by atoms with Gasteiger partial charge in [0.15, 0.2) is 0 Å². The van der Waals surface area contributed by atoms with E-state index < -0.39 is 33.3 Å². The highest BCUT2D eigenvalue weighted by Crippen LogP contribution is 2.36. The number of anilines is 1. The molecule has 1 heterocycles. The molecule has 0 unspecified atom stereocenters.